The highest BCUT2D eigenvalue weighted by molar-refractivity contribution is 5.81. The largest absolute Gasteiger partial charge is 0.467 e. The highest BCUT2D eigenvalue weighted by Gasteiger charge is 2.20. The molecule has 0 aliphatic heterocycles. The molecule has 0 aromatic carbocycles. The molecular weight excluding hydrogens is 232 g/mol. The van der Waals surface area contributed by atoms with Gasteiger partial charge in [-0.2, -0.15) is 0 Å². The van der Waals surface area contributed by atoms with Crippen molar-refractivity contribution in [2.24, 2.45) is 0 Å². The molecular formula is C13H22N2O3. The molecule has 1 aromatic heterocycles. The molecule has 0 fully saturated rings. The Morgan fingerprint density at radius 3 is 2.67 bits per heavy atom. The summed E-state index contributed by atoms with van der Waals surface area (Å²) in [6.07, 6.45) is 0.763. The minimum atomic E-state index is -0.745. The molecule has 1 heterocycles. The van der Waals surface area contributed by atoms with Crippen LogP contribution in [0.2, 0.25) is 0 Å². The molecule has 5 heteroatoms. The Kier molecular flexibility index (Phi) is 4.93. The van der Waals surface area contributed by atoms with Crippen LogP contribution in [0.5, 0.6) is 0 Å². The summed E-state index contributed by atoms with van der Waals surface area (Å²) in [5.74, 6) is 0.403. The number of aliphatic hydroxyl groups is 1. The number of aliphatic hydroxyl groups excluding tert-OH is 1. The van der Waals surface area contributed by atoms with E-state index < -0.39 is 6.10 Å². The van der Waals surface area contributed by atoms with Crippen LogP contribution in [-0.4, -0.2) is 29.1 Å². The van der Waals surface area contributed by atoms with Crippen molar-refractivity contribution in [2.45, 2.75) is 45.4 Å². The molecule has 0 radical (unpaired) electrons. The molecule has 18 heavy (non-hydrogen) atoms. The Hall–Kier alpha value is -1.33. The van der Waals surface area contributed by atoms with Crippen LogP contribution >= 0.6 is 0 Å². The van der Waals surface area contributed by atoms with Crippen LogP contribution in [0.1, 0.15) is 39.6 Å². The number of carbonyl (C=O) groups is 1. The van der Waals surface area contributed by atoms with Gasteiger partial charge in [-0.3, -0.25) is 4.79 Å². The minimum absolute atomic E-state index is 0.0888. The van der Waals surface area contributed by atoms with Gasteiger partial charge in [-0.25, -0.2) is 0 Å². The molecule has 0 aliphatic carbocycles. The van der Waals surface area contributed by atoms with Crippen LogP contribution in [0.25, 0.3) is 0 Å². The van der Waals surface area contributed by atoms with Gasteiger partial charge in [0.15, 0.2) is 0 Å². The minimum Gasteiger partial charge on any atom is -0.467 e. The van der Waals surface area contributed by atoms with Gasteiger partial charge in [0.25, 0.3) is 0 Å². The van der Waals surface area contributed by atoms with Gasteiger partial charge in [0.1, 0.15) is 11.9 Å². The zero-order chi connectivity index (χ0) is 13.8. The van der Waals surface area contributed by atoms with E-state index in [0.717, 1.165) is 0 Å². The molecule has 1 aromatic rings. The Bertz CT molecular complexity index is 368. The number of carbonyl (C=O) groups excluding carboxylic acids is 1. The number of amides is 1. The topological polar surface area (TPSA) is 74.5 Å². The summed E-state index contributed by atoms with van der Waals surface area (Å²) in [7, 11) is 0. The first-order chi connectivity index (χ1) is 8.29. The first-order valence-electron chi connectivity index (χ1n) is 6.06. The van der Waals surface area contributed by atoms with E-state index in [1.165, 1.54) is 6.26 Å². The Morgan fingerprint density at radius 1 is 1.50 bits per heavy atom. The fourth-order valence-corrected chi connectivity index (χ4v) is 1.44. The second kappa shape index (κ2) is 6.02. The van der Waals surface area contributed by atoms with Crippen molar-refractivity contribution >= 4 is 5.91 Å². The molecule has 3 N–H and O–H groups in total. The first-order valence-corrected chi connectivity index (χ1v) is 6.06. The summed E-state index contributed by atoms with van der Waals surface area (Å²) in [5, 5.41) is 15.6. The molecule has 0 bridgehead atoms. The van der Waals surface area contributed by atoms with Crippen LogP contribution in [0.4, 0.5) is 0 Å². The smallest absolute Gasteiger partial charge is 0.237 e. The molecule has 1 amide bonds. The molecule has 0 saturated heterocycles. The Morgan fingerprint density at radius 2 is 2.17 bits per heavy atom. The maximum atomic E-state index is 11.8. The van der Waals surface area contributed by atoms with E-state index in [9.17, 15) is 9.90 Å². The van der Waals surface area contributed by atoms with Gasteiger partial charge in [-0.05, 0) is 39.8 Å². The lowest BCUT2D eigenvalue weighted by Gasteiger charge is -2.24. The van der Waals surface area contributed by atoms with Gasteiger partial charge in [-0.1, -0.05) is 0 Å². The summed E-state index contributed by atoms with van der Waals surface area (Å²) in [4.78, 5) is 11.8. The third kappa shape index (κ3) is 4.89. The third-order valence-corrected chi connectivity index (χ3v) is 2.38. The molecule has 102 valence electrons. The zero-order valence-electron chi connectivity index (χ0n) is 11.4. The van der Waals surface area contributed by atoms with Crippen molar-refractivity contribution in [1.82, 2.24) is 10.6 Å². The van der Waals surface area contributed by atoms with Crippen LogP contribution in [0.3, 0.4) is 0 Å². The van der Waals surface area contributed by atoms with Crippen molar-refractivity contribution in [2.75, 3.05) is 6.54 Å². The van der Waals surface area contributed by atoms with E-state index in [0.29, 0.717) is 5.76 Å². The van der Waals surface area contributed by atoms with Crippen molar-refractivity contribution in [1.29, 1.82) is 0 Å². The highest BCUT2D eigenvalue weighted by Crippen LogP contribution is 2.11. The van der Waals surface area contributed by atoms with Gasteiger partial charge in [0.05, 0.1) is 12.3 Å². The number of rotatable bonds is 5. The van der Waals surface area contributed by atoms with Gasteiger partial charge in [0, 0.05) is 12.1 Å². The predicted molar refractivity (Wildman–Crippen MR) is 69.0 cm³/mol. The van der Waals surface area contributed by atoms with E-state index in [1.54, 1.807) is 19.1 Å². The van der Waals surface area contributed by atoms with Crippen LogP contribution in [-0.2, 0) is 4.79 Å². The SMILES string of the molecule is CC(NCC(O)c1ccco1)C(=O)NC(C)(C)C. The third-order valence-electron chi connectivity index (χ3n) is 2.38. The number of hydrogen-bond donors (Lipinski definition) is 3. The van der Waals surface area contributed by atoms with E-state index in [4.69, 9.17) is 4.42 Å². The van der Waals surface area contributed by atoms with Gasteiger partial charge in [-0.15, -0.1) is 0 Å². The number of furan rings is 1. The molecule has 0 spiro atoms. The lowest BCUT2D eigenvalue weighted by Crippen LogP contribution is -2.50. The van der Waals surface area contributed by atoms with E-state index in [2.05, 4.69) is 10.6 Å². The maximum Gasteiger partial charge on any atom is 0.237 e. The fourth-order valence-electron chi connectivity index (χ4n) is 1.44. The molecule has 2 atom stereocenters. The lowest BCUT2D eigenvalue weighted by molar-refractivity contribution is -0.124. The monoisotopic (exact) mass is 254 g/mol. The summed E-state index contributed by atoms with van der Waals surface area (Å²) >= 11 is 0. The predicted octanol–water partition coefficient (Wildman–Crippen LogP) is 1.21. The highest BCUT2D eigenvalue weighted by atomic mass is 16.4. The summed E-state index contributed by atoms with van der Waals surface area (Å²) in [6, 6.07) is 3.05. The van der Waals surface area contributed by atoms with E-state index >= 15 is 0 Å². The Labute approximate surface area is 108 Å². The van der Waals surface area contributed by atoms with Crippen molar-refractivity contribution in [3.05, 3.63) is 24.2 Å². The van der Waals surface area contributed by atoms with Gasteiger partial charge >= 0.3 is 0 Å². The summed E-state index contributed by atoms with van der Waals surface area (Å²) < 4.78 is 5.08. The van der Waals surface area contributed by atoms with E-state index in [-0.39, 0.29) is 24.0 Å². The fraction of sp³-hybridized carbons (Fsp3) is 0.615. The van der Waals surface area contributed by atoms with Crippen LogP contribution in [0.15, 0.2) is 22.8 Å². The average Bonchev–Trinajstić information content (AvgIpc) is 2.76. The normalized spacial score (nSPS) is 15.2. The van der Waals surface area contributed by atoms with E-state index in [1.807, 2.05) is 20.8 Å². The quantitative estimate of drug-likeness (QED) is 0.738. The van der Waals surface area contributed by atoms with Gasteiger partial charge in [0.2, 0.25) is 5.91 Å². The zero-order valence-corrected chi connectivity index (χ0v) is 11.4. The summed E-state index contributed by atoms with van der Waals surface area (Å²) in [6.45, 7) is 7.81. The molecule has 5 nitrogen and oxygen atoms in total. The first kappa shape index (κ1) is 14.7. The van der Waals surface area contributed by atoms with Crippen molar-refractivity contribution < 1.29 is 14.3 Å². The lowest BCUT2D eigenvalue weighted by atomic mass is 10.1. The Balaban J connectivity index is 2.37. The number of hydrogen-bond acceptors (Lipinski definition) is 4. The average molecular weight is 254 g/mol. The van der Waals surface area contributed by atoms with Crippen LogP contribution < -0.4 is 10.6 Å². The second-order valence-electron chi connectivity index (χ2n) is 5.40. The summed E-state index contributed by atoms with van der Waals surface area (Å²) in [5.41, 5.74) is -0.257. The molecule has 1 rings (SSSR count). The second-order valence-corrected chi connectivity index (χ2v) is 5.40. The maximum absolute atomic E-state index is 11.8. The molecule has 0 aliphatic rings. The standard InChI is InChI=1S/C13H22N2O3/c1-9(12(17)15-13(2,3)4)14-8-10(16)11-6-5-7-18-11/h5-7,9-10,14,16H,8H2,1-4H3,(H,15,17). The molecule has 2 unspecified atom stereocenters. The van der Waals surface area contributed by atoms with Crippen LogP contribution in [0, 0.1) is 0 Å². The number of nitrogens with one attached hydrogen (secondary N) is 2. The van der Waals surface area contributed by atoms with Crippen molar-refractivity contribution in [3.63, 3.8) is 0 Å². The molecule has 0 saturated carbocycles. The van der Waals surface area contributed by atoms with Gasteiger partial charge < -0.3 is 20.2 Å². The van der Waals surface area contributed by atoms with Crippen molar-refractivity contribution in [3.8, 4) is 0 Å².